The smallest absolute Gasteiger partial charge is 0.337 e. The van der Waals surface area contributed by atoms with E-state index in [-0.39, 0.29) is 5.91 Å². The molecular formula is C27H34ClN3O3. The molecule has 7 heteroatoms. The Morgan fingerprint density at radius 2 is 1.76 bits per heavy atom. The summed E-state index contributed by atoms with van der Waals surface area (Å²) in [4.78, 5) is 30.0. The van der Waals surface area contributed by atoms with E-state index >= 15 is 0 Å². The Kier molecular flexibility index (Phi) is 8.46. The average Bonchev–Trinajstić information content (AvgIpc) is 2.88. The van der Waals surface area contributed by atoms with Gasteiger partial charge in [-0.1, -0.05) is 24.1 Å². The van der Waals surface area contributed by atoms with Gasteiger partial charge in [-0.2, -0.15) is 0 Å². The number of nitrogens with one attached hydrogen (secondary N) is 1. The van der Waals surface area contributed by atoms with Gasteiger partial charge < -0.3 is 19.9 Å². The Balaban J connectivity index is 1.44. The zero-order valence-corrected chi connectivity index (χ0v) is 20.7. The minimum absolute atomic E-state index is 0.262. The van der Waals surface area contributed by atoms with Gasteiger partial charge in [0, 0.05) is 23.7 Å². The van der Waals surface area contributed by atoms with Crippen molar-refractivity contribution in [2.45, 2.75) is 38.5 Å². The lowest BCUT2D eigenvalue weighted by atomic mass is 9.92. The van der Waals surface area contributed by atoms with Crippen molar-refractivity contribution in [3.8, 4) is 0 Å². The number of carbonyl (C=O) groups excluding carboxylic acids is 2. The van der Waals surface area contributed by atoms with Crippen molar-refractivity contribution < 1.29 is 14.3 Å². The molecule has 2 fully saturated rings. The maximum absolute atomic E-state index is 12.9. The highest BCUT2D eigenvalue weighted by atomic mass is 35.5. The van der Waals surface area contributed by atoms with E-state index in [9.17, 15) is 9.59 Å². The Labute approximate surface area is 207 Å². The molecular weight excluding hydrogens is 450 g/mol. The number of rotatable bonds is 7. The first kappa shape index (κ1) is 24.6. The summed E-state index contributed by atoms with van der Waals surface area (Å²) in [5.41, 5.74) is 2.42. The minimum Gasteiger partial charge on any atom is -0.465 e. The van der Waals surface area contributed by atoms with E-state index < -0.39 is 5.97 Å². The van der Waals surface area contributed by atoms with Crippen molar-refractivity contribution in [3.05, 3.63) is 58.6 Å². The van der Waals surface area contributed by atoms with Crippen molar-refractivity contribution in [3.63, 3.8) is 0 Å². The molecule has 2 aromatic carbocycles. The first-order valence-corrected chi connectivity index (χ1v) is 12.7. The third kappa shape index (κ3) is 6.30. The van der Waals surface area contributed by atoms with E-state index in [1.807, 2.05) is 6.07 Å². The highest BCUT2D eigenvalue weighted by Crippen LogP contribution is 2.32. The Morgan fingerprint density at radius 1 is 1.00 bits per heavy atom. The zero-order valence-electron chi connectivity index (χ0n) is 19.9. The van der Waals surface area contributed by atoms with Crippen molar-refractivity contribution in [1.29, 1.82) is 0 Å². The first-order chi connectivity index (χ1) is 16.5. The molecule has 2 aromatic rings. The predicted molar refractivity (Wildman–Crippen MR) is 137 cm³/mol. The largest absolute Gasteiger partial charge is 0.465 e. The van der Waals surface area contributed by atoms with Gasteiger partial charge in [0.25, 0.3) is 5.91 Å². The second-order valence-electron chi connectivity index (χ2n) is 9.31. The van der Waals surface area contributed by atoms with Crippen LogP contribution in [0.5, 0.6) is 0 Å². The first-order valence-electron chi connectivity index (χ1n) is 12.3. The number of ether oxygens (including phenoxy) is 1. The van der Waals surface area contributed by atoms with Crippen LogP contribution >= 0.6 is 11.6 Å². The number of hydrogen-bond donors (Lipinski definition) is 1. The van der Waals surface area contributed by atoms with Gasteiger partial charge in [0.05, 0.1) is 24.0 Å². The van der Waals surface area contributed by atoms with Crippen LogP contribution in [0.4, 0.5) is 11.4 Å². The molecule has 2 aliphatic rings. The molecule has 2 saturated heterocycles. The number of piperidine rings is 2. The topological polar surface area (TPSA) is 61.9 Å². The Morgan fingerprint density at radius 3 is 2.47 bits per heavy atom. The molecule has 182 valence electrons. The molecule has 6 nitrogen and oxygen atoms in total. The lowest BCUT2D eigenvalue weighted by Crippen LogP contribution is -2.36. The fourth-order valence-electron chi connectivity index (χ4n) is 4.99. The molecule has 0 aliphatic carbocycles. The van der Waals surface area contributed by atoms with Gasteiger partial charge in [-0.15, -0.1) is 0 Å². The number of likely N-dealkylation sites (tertiary alicyclic amines) is 1. The van der Waals surface area contributed by atoms with E-state index in [4.69, 9.17) is 16.3 Å². The molecule has 0 aromatic heterocycles. The van der Waals surface area contributed by atoms with Gasteiger partial charge in [0.2, 0.25) is 0 Å². The summed E-state index contributed by atoms with van der Waals surface area (Å²) in [6.45, 7) is 5.58. The Bertz CT molecular complexity index is 998. The molecule has 2 heterocycles. The van der Waals surface area contributed by atoms with E-state index in [1.165, 1.54) is 52.4 Å². The number of methoxy groups -OCH3 is 1. The van der Waals surface area contributed by atoms with Crippen LogP contribution in [0.1, 0.15) is 59.2 Å². The van der Waals surface area contributed by atoms with Crippen molar-refractivity contribution >= 4 is 34.9 Å². The molecule has 0 unspecified atom stereocenters. The monoisotopic (exact) mass is 483 g/mol. The summed E-state index contributed by atoms with van der Waals surface area (Å²) in [6.07, 6.45) is 7.57. The van der Waals surface area contributed by atoms with Crippen LogP contribution in [0.25, 0.3) is 0 Å². The molecule has 0 bridgehead atoms. The van der Waals surface area contributed by atoms with Crippen LogP contribution in [-0.4, -0.2) is 56.6 Å². The molecule has 1 amide bonds. The third-order valence-electron chi connectivity index (χ3n) is 7.01. The van der Waals surface area contributed by atoms with E-state index in [1.54, 1.807) is 36.4 Å². The maximum atomic E-state index is 12.9. The quantitative estimate of drug-likeness (QED) is 0.529. The van der Waals surface area contributed by atoms with Gasteiger partial charge in [-0.25, -0.2) is 4.79 Å². The maximum Gasteiger partial charge on any atom is 0.337 e. The highest BCUT2D eigenvalue weighted by Gasteiger charge is 2.24. The molecule has 4 rings (SSSR count). The molecule has 1 N–H and O–H groups in total. The van der Waals surface area contributed by atoms with Gasteiger partial charge in [-0.3, -0.25) is 4.79 Å². The number of amides is 1. The summed E-state index contributed by atoms with van der Waals surface area (Å²) in [5.74, 6) is 0.0421. The number of halogens is 1. The molecule has 0 radical (unpaired) electrons. The number of nitrogens with zero attached hydrogens (tertiary/aromatic N) is 2. The fraction of sp³-hybridized carbons (Fsp3) is 0.481. The number of hydrogen-bond acceptors (Lipinski definition) is 5. The van der Waals surface area contributed by atoms with Gasteiger partial charge >= 0.3 is 5.97 Å². The second kappa shape index (κ2) is 11.7. The Hall–Kier alpha value is -2.57. The molecule has 34 heavy (non-hydrogen) atoms. The summed E-state index contributed by atoms with van der Waals surface area (Å²) in [7, 11) is 1.36. The fourth-order valence-corrected chi connectivity index (χ4v) is 5.18. The van der Waals surface area contributed by atoms with Crippen LogP contribution in [0.15, 0.2) is 42.5 Å². The molecule has 0 spiro atoms. The van der Waals surface area contributed by atoms with Crippen molar-refractivity contribution in [1.82, 2.24) is 4.90 Å². The molecule has 2 aliphatic heterocycles. The predicted octanol–water partition coefficient (Wildman–Crippen LogP) is 5.47. The van der Waals surface area contributed by atoms with Gasteiger partial charge in [0.15, 0.2) is 0 Å². The van der Waals surface area contributed by atoms with E-state index in [0.29, 0.717) is 21.8 Å². The van der Waals surface area contributed by atoms with E-state index in [2.05, 4.69) is 15.1 Å². The standard InChI is InChI=1S/C27H34ClN3O3/c1-34-27(33)22-8-9-25(24(19-22)29-26(32)21-6-5-7-23(28)18-21)31-16-11-20(12-17-31)10-15-30-13-3-2-4-14-30/h5-9,18-20H,2-4,10-17H2,1H3,(H,29,32). The summed E-state index contributed by atoms with van der Waals surface area (Å²) in [5, 5.41) is 3.50. The normalized spacial score (nSPS) is 17.4. The lowest BCUT2D eigenvalue weighted by Gasteiger charge is -2.36. The zero-order chi connectivity index (χ0) is 23.9. The van der Waals surface area contributed by atoms with Gasteiger partial charge in [0.1, 0.15) is 0 Å². The third-order valence-corrected chi connectivity index (χ3v) is 7.25. The molecule has 0 saturated carbocycles. The summed E-state index contributed by atoms with van der Waals surface area (Å²) in [6, 6.07) is 12.2. The lowest BCUT2D eigenvalue weighted by molar-refractivity contribution is 0.0600. The van der Waals surface area contributed by atoms with Crippen molar-refractivity contribution in [2.24, 2.45) is 5.92 Å². The van der Waals surface area contributed by atoms with Crippen LogP contribution in [0.3, 0.4) is 0 Å². The van der Waals surface area contributed by atoms with Crippen LogP contribution in [0, 0.1) is 5.92 Å². The number of carbonyl (C=O) groups is 2. The second-order valence-corrected chi connectivity index (χ2v) is 9.75. The van der Waals surface area contributed by atoms with Crippen LogP contribution < -0.4 is 10.2 Å². The van der Waals surface area contributed by atoms with Crippen LogP contribution in [-0.2, 0) is 4.74 Å². The minimum atomic E-state index is -0.429. The average molecular weight is 484 g/mol. The summed E-state index contributed by atoms with van der Waals surface area (Å²) < 4.78 is 4.89. The van der Waals surface area contributed by atoms with Gasteiger partial charge in [-0.05, 0) is 94.1 Å². The van der Waals surface area contributed by atoms with E-state index in [0.717, 1.165) is 37.5 Å². The van der Waals surface area contributed by atoms with Crippen molar-refractivity contribution in [2.75, 3.05) is 50.1 Å². The van der Waals surface area contributed by atoms with Crippen LogP contribution in [0.2, 0.25) is 5.02 Å². The summed E-state index contributed by atoms with van der Waals surface area (Å²) >= 11 is 6.07. The number of benzene rings is 2. The number of anilines is 2. The molecule has 0 atom stereocenters. The highest BCUT2D eigenvalue weighted by molar-refractivity contribution is 6.31. The number of esters is 1. The SMILES string of the molecule is COC(=O)c1ccc(N2CCC(CCN3CCCCC3)CC2)c(NC(=O)c2cccc(Cl)c2)c1.